The van der Waals surface area contributed by atoms with Gasteiger partial charge in [0, 0.05) is 12.8 Å². The monoisotopic (exact) mass is 536 g/mol. The highest BCUT2D eigenvalue weighted by Crippen LogP contribution is 2.43. The first-order valence-electron chi connectivity index (χ1n) is 13.4. The highest BCUT2D eigenvalue weighted by Gasteiger charge is 2.26. The molecule has 9 nitrogen and oxygen atoms in total. The number of rotatable bonds is 23. The normalized spacial score (nSPS) is 14.5. The SMILES string of the molecule is CCCC/C=C\CCCCCCCC(=O)OC(COC(=O)CCC)COP(=O)(O)OCC[N+](C)(C)C. The zero-order chi connectivity index (χ0) is 27.3. The van der Waals surface area contributed by atoms with E-state index in [2.05, 4.69) is 19.1 Å². The van der Waals surface area contributed by atoms with Crippen molar-refractivity contribution in [1.82, 2.24) is 0 Å². The van der Waals surface area contributed by atoms with Gasteiger partial charge in [0.15, 0.2) is 6.10 Å². The summed E-state index contributed by atoms with van der Waals surface area (Å²) in [5.41, 5.74) is 0. The van der Waals surface area contributed by atoms with Gasteiger partial charge in [-0.2, -0.15) is 0 Å². The van der Waals surface area contributed by atoms with Gasteiger partial charge in [-0.1, -0.05) is 58.1 Å². The molecule has 0 fully saturated rings. The summed E-state index contributed by atoms with van der Waals surface area (Å²) in [6.07, 6.45) is 14.3. The summed E-state index contributed by atoms with van der Waals surface area (Å²) in [7, 11) is 1.46. The van der Waals surface area contributed by atoms with Gasteiger partial charge in [-0.3, -0.25) is 18.6 Å². The maximum atomic E-state index is 12.3. The van der Waals surface area contributed by atoms with Crippen LogP contribution in [-0.2, 0) is 32.7 Å². The molecule has 0 amide bonds. The Kier molecular flexibility index (Phi) is 20.0. The fourth-order valence-electron chi connectivity index (χ4n) is 3.09. The van der Waals surface area contributed by atoms with Crippen molar-refractivity contribution in [2.45, 2.75) is 97.0 Å². The molecule has 0 aromatic heterocycles. The molecule has 0 saturated carbocycles. The molecule has 2 atom stereocenters. The molecule has 1 N–H and O–H groups in total. The van der Waals surface area contributed by atoms with Crippen molar-refractivity contribution in [3.63, 3.8) is 0 Å². The molecule has 0 heterocycles. The molecular weight excluding hydrogens is 485 g/mol. The quantitative estimate of drug-likeness (QED) is 0.0595. The number of likely N-dealkylation sites (N-methyl/N-ethyl adjacent to an activating group) is 1. The molecule has 0 rings (SSSR count). The lowest BCUT2D eigenvalue weighted by atomic mass is 10.1. The first kappa shape index (κ1) is 34.8. The topological polar surface area (TPSA) is 108 Å². The molecule has 0 radical (unpaired) electrons. The van der Waals surface area contributed by atoms with Gasteiger partial charge in [0.05, 0.1) is 27.7 Å². The number of nitrogens with zero attached hydrogens (tertiary/aromatic N) is 1. The largest absolute Gasteiger partial charge is 0.472 e. The summed E-state index contributed by atoms with van der Waals surface area (Å²) in [5.74, 6) is -0.877. The van der Waals surface area contributed by atoms with Gasteiger partial charge in [0.1, 0.15) is 19.8 Å². The third kappa shape index (κ3) is 23.2. The van der Waals surface area contributed by atoms with Gasteiger partial charge in [0.2, 0.25) is 0 Å². The molecule has 36 heavy (non-hydrogen) atoms. The number of phosphoric ester groups is 1. The van der Waals surface area contributed by atoms with Gasteiger partial charge in [0.25, 0.3) is 0 Å². The Labute approximate surface area is 218 Å². The maximum absolute atomic E-state index is 12.3. The van der Waals surface area contributed by atoms with Gasteiger partial charge < -0.3 is 18.9 Å². The number of ether oxygens (including phenoxy) is 2. The van der Waals surface area contributed by atoms with Crippen molar-refractivity contribution in [2.75, 3.05) is 47.5 Å². The van der Waals surface area contributed by atoms with Crippen LogP contribution >= 0.6 is 7.82 Å². The Morgan fingerprint density at radius 1 is 0.833 bits per heavy atom. The van der Waals surface area contributed by atoms with E-state index in [0.717, 1.165) is 38.5 Å². The number of hydrogen-bond donors (Lipinski definition) is 1. The van der Waals surface area contributed by atoms with E-state index in [1.807, 2.05) is 28.1 Å². The van der Waals surface area contributed by atoms with E-state index in [9.17, 15) is 19.0 Å². The van der Waals surface area contributed by atoms with Crippen molar-refractivity contribution in [3.05, 3.63) is 12.2 Å². The number of unbranched alkanes of at least 4 members (excludes halogenated alkanes) is 7. The smallest absolute Gasteiger partial charge is 0.462 e. The fourth-order valence-corrected chi connectivity index (χ4v) is 3.83. The fraction of sp³-hybridized carbons (Fsp3) is 0.846. The van der Waals surface area contributed by atoms with Gasteiger partial charge in [-0.05, 0) is 32.1 Å². The Bertz CT molecular complexity index is 663. The molecule has 0 aliphatic rings. The number of carbonyl (C=O) groups excluding carboxylic acids is 2. The van der Waals surface area contributed by atoms with E-state index in [0.29, 0.717) is 23.9 Å². The minimum Gasteiger partial charge on any atom is -0.462 e. The Hall–Kier alpha value is -1.25. The van der Waals surface area contributed by atoms with Gasteiger partial charge >= 0.3 is 19.8 Å². The van der Waals surface area contributed by atoms with Crippen LogP contribution < -0.4 is 0 Å². The number of hydrogen-bond acceptors (Lipinski definition) is 7. The first-order chi connectivity index (χ1) is 17.0. The number of allylic oxidation sites excluding steroid dienone is 2. The zero-order valence-electron chi connectivity index (χ0n) is 23.2. The lowest BCUT2D eigenvalue weighted by Crippen LogP contribution is -2.37. The van der Waals surface area contributed by atoms with E-state index in [1.54, 1.807) is 0 Å². The molecule has 212 valence electrons. The molecule has 10 heteroatoms. The van der Waals surface area contributed by atoms with Crippen LogP contribution in [0.2, 0.25) is 0 Å². The second-order valence-electron chi connectivity index (χ2n) is 10.1. The lowest BCUT2D eigenvalue weighted by molar-refractivity contribution is -0.870. The standard InChI is InChI=1S/C26H50NO8P/c1-6-8-9-10-11-12-13-14-15-16-17-19-26(29)35-24(22-32-25(28)18-7-2)23-34-36(30,31)33-21-20-27(3,4)5/h10-11,24H,6-9,12-23H2,1-5H3/p+1/b11-10-. The van der Waals surface area contributed by atoms with E-state index in [4.69, 9.17) is 18.5 Å². The Morgan fingerprint density at radius 3 is 2.11 bits per heavy atom. The van der Waals surface area contributed by atoms with Crippen LogP contribution in [-0.4, -0.2) is 74.9 Å². The summed E-state index contributed by atoms with van der Waals surface area (Å²) < 4.78 is 33.3. The zero-order valence-corrected chi connectivity index (χ0v) is 24.1. The third-order valence-electron chi connectivity index (χ3n) is 5.27. The minimum absolute atomic E-state index is 0.0301. The van der Waals surface area contributed by atoms with Crippen LogP contribution in [0, 0.1) is 0 Å². The number of phosphoric acid groups is 1. The van der Waals surface area contributed by atoms with Crippen molar-refractivity contribution in [2.24, 2.45) is 0 Å². The molecule has 0 saturated heterocycles. The van der Waals surface area contributed by atoms with Gasteiger partial charge in [-0.25, -0.2) is 4.57 Å². The molecule has 0 aliphatic carbocycles. The van der Waals surface area contributed by atoms with E-state index in [1.165, 1.54) is 12.8 Å². The average Bonchev–Trinajstić information content (AvgIpc) is 2.78. The number of esters is 2. The molecule has 0 aromatic rings. The maximum Gasteiger partial charge on any atom is 0.472 e. The predicted octanol–water partition coefficient (Wildman–Crippen LogP) is 5.56. The molecule has 0 bridgehead atoms. The van der Waals surface area contributed by atoms with Crippen LogP contribution in [0.25, 0.3) is 0 Å². The minimum atomic E-state index is -4.33. The highest BCUT2D eigenvalue weighted by molar-refractivity contribution is 7.47. The summed E-state index contributed by atoms with van der Waals surface area (Å²) in [5, 5.41) is 0. The summed E-state index contributed by atoms with van der Waals surface area (Å²) in [6, 6.07) is 0. The first-order valence-corrected chi connectivity index (χ1v) is 14.9. The van der Waals surface area contributed by atoms with Crippen LogP contribution in [0.5, 0.6) is 0 Å². The van der Waals surface area contributed by atoms with Crippen LogP contribution in [0.1, 0.15) is 90.9 Å². The summed E-state index contributed by atoms with van der Waals surface area (Å²) >= 11 is 0. The van der Waals surface area contributed by atoms with Crippen LogP contribution in [0.3, 0.4) is 0 Å². The number of carbonyl (C=O) groups is 2. The Balaban J connectivity index is 4.39. The van der Waals surface area contributed by atoms with Crippen molar-refractivity contribution < 1.29 is 42.1 Å². The predicted molar refractivity (Wildman–Crippen MR) is 141 cm³/mol. The van der Waals surface area contributed by atoms with Crippen molar-refractivity contribution in [3.8, 4) is 0 Å². The van der Waals surface area contributed by atoms with Crippen LogP contribution in [0.15, 0.2) is 12.2 Å². The van der Waals surface area contributed by atoms with E-state index < -0.39 is 32.5 Å². The third-order valence-corrected chi connectivity index (χ3v) is 6.25. The van der Waals surface area contributed by atoms with Crippen molar-refractivity contribution >= 4 is 19.8 Å². The van der Waals surface area contributed by atoms with Gasteiger partial charge in [-0.15, -0.1) is 0 Å². The molecule has 0 aliphatic heterocycles. The Morgan fingerprint density at radius 2 is 1.47 bits per heavy atom. The second-order valence-corrected chi connectivity index (χ2v) is 11.5. The lowest BCUT2D eigenvalue weighted by Gasteiger charge is -2.24. The van der Waals surface area contributed by atoms with Crippen LogP contribution in [0.4, 0.5) is 0 Å². The summed E-state index contributed by atoms with van der Waals surface area (Å²) in [4.78, 5) is 33.9. The summed E-state index contributed by atoms with van der Waals surface area (Å²) in [6.45, 7) is 3.93. The average molecular weight is 537 g/mol. The molecule has 0 spiro atoms. The van der Waals surface area contributed by atoms with E-state index >= 15 is 0 Å². The highest BCUT2D eigenvalue weighted by atomic mass is 31.2. The molecular formula is C26H51NO8P+. The number of quaternary nitrogens is 1. The molecule has 0 aromatic carbocycles. The van der Waals surface area contributed by atoms with Crippen molar-refractivity contribution in [1.29, 1.82) is 0 Å². The molecule has 2 unspecified atom stereocenters. The van der Waals surface area contributed by atoms with E-state index in [-0.39, 0.29) is 26.1 Å². The second kappa shape index (κ2) is 20.8.